The molecule has 1 aromatic heterocycles. The molecule has 0 radical (unpaired) electrons. The first-order valence-corrected chi connectivity index (χ1v) is 11.0. The molecule has 0 fully saturated rings. The first-order chi connectivity index (χ1) is 14.3. The molecule has 0 bridgehead atoms. The van der Waals surface area contributed by atoms with Gasteiger partial charge in [-0.1, -0.05) is 47.1 Å². The summed E-state index contributed by atoms with van der Waals surface area (Å²) in [6, 6.07) is 10.9. The summed E-state index contributed by atoms with van der Waals surface area (Å²) >= 11 is 13.4. The maximum absolute atomic E-state index is 12.4. The molecule has 30 heavy (non-hydrogen) atoms. The molecule has 6 nitrogen and oxygen atoms in total. The van der Waals surface area contributed by atoms with E-state index in [0.29, 0.717) is 26.8 Å². The molecule has 1 heterocycles. The van der Waals surface area contributed by atoms with Crippen LogP contribution in [0.4, 0.5) is 5.69 Å². The molecule has 2 aromatic carbocycles. The lowest BCUT2D eigenvalue weighted by Crippen LogP contribution is -2.15. The third-order valence-corrected chi connectivity index (χ3v) is 6.19. The second kappa shape index (κ2) is 9.73. The number of rotatable bonds is 7. The number of benzene rings is 2. The van der Waals surface area contributed by atoms with Gasteiger partial charge in [-0.15, -0.1) is 10.2 Å². The van der Waals surface area contributed by atoms with Crippen molar-refractivity contribution in [1.29, 1.82) is 0 Å². The zero-order chi connectivity index (χ0) is 21.8. The van der Waals surface area contributed by atoms with Crippen LogP contribution in [0.1, 0.15) is 30.0 Å². The Morgan fingerprint density at radius 1 is 1.23 bits per heavy atom. The minimum absolute atomic E-state index is 0.101. The van der Waals surface area contributed by atoms with Crippen LogP contribution >= 0.6 is 35.0 Å². The van der Waals surface area contributed by atoms with Crippen molar-refractivity contribution in [2.75, 3.05) is 11.1 Å². The second-order valence-corrected chi connectivity index (χ2v) is 8.61. The minimum atomic E-state index is -0.390. The molecule has 0 saturated carbocycles. The van der Waals surface area contributed by atoms with Crippen molar-refractivity contribution in [3.8, 4) is 5.75 Å². The van der Waals surface area contributed by atoms with Gasteiger partial charge >= 0.3 is 0 Å². The highest BCUT2D eigenvalue weighted by atomic mass is 35.5. The van der Waals surface area contributed by atoms with Crippen LogP contribution in [-0.2, 0) is 11.8 Å². The van der Waals surface area contributed by atoms with Gasteiger partial charge in [-0.2, -0.15) is 0 Å². The van der Waals surface area contributed by atoms with Gasteiger partial charge in [0.15, 0.2) is 17.1 Å². The Morgan fingerprint density at radius 2 is 2.00 bits per heavy atom. The predicted molar refractivity (Wildman–Crippen MR) is 122 cm³/mol. The molecular weight excluding hydrogens is 443 g/mol. The Labute approximate surface area is 189 Å². The van der Waals surface area contributed by atoms with E-state index in [4.69, 9.17) is 27.9 Å². The summed E-state index contributed by atoms with van der Waals surface area (Å²) in [4.78, 5) is 12.4. The largest absolute Gasteiger partial charge is 0.481 e. The number of aromatic nitrogens is 3. The second-order valence-electron chi connectivity index (χ2n) is 6.82. The molecule has 1 N–H and O–H groups in total. The van der Waals surface area contributed by atoms with Crippen LogP contribution in [0.15, 0.2) is 41.6 Å². The van der Waals surface area contributed by atoms with E-state index in [2.05, 4.69) is 15.5 Å². The Hall–Kier alpha value is -2.22. The van der Waals surface area contributed by atoms with Crippen LogP contribution in [-0.4, -0.2) is 26.4 Å². The fourth-order valence-corrected chi connectivity index (χ4v) is 3.99. The molecule has 1 amide bonds. The Balaban J connectivity index is 1.62. The van der Waals surface area contributed by atoms with Crippen molar-refractivity contribution in [2.24, 2.45) is 7.05 Å². The predicted octanol–water partition coefficient (Wildman–Crippen LogP) is 5.61. The molecule has 3 aromatic rings. The van der Waals surface area contributed by atoms with Crippen molar-refractivity contribution in [3.05, 3.63) is 63.4 Å². The van der Waals surface area contributed by atoms with Gasteiger partial charge < -0.3 is 14.6 Å². The first kappa shape index (κ1) is 22.5. The third kappa shape index (κ3) is 5.28. The number of halogens is 2. The number of amides is 1. The number of carbonyl (C=O) groups is 1. The summed E-state index contributed by atoms with van der Waals surface area (Å²) in [5.41, 5.74) is 3.01. The third-order valence-electron chi connectivity index (χ3n) is 4.64. The topological polar surface area (TPSA) is 69.0 Å². The fraction of sp³-hybridized carbons (Fsp3) is 0.286. The fourth-order valence-electron chi connectivity index (χ4n) is 2.82. The summed E-state index contributed by atoms with van der Waals surface area (Å²) < 4.78 is 7.72. The minimum Gasteiger partial charge on any atom is -0.481 e. The van der Waals surface area contributed by atoms with Gasteiger partial charge in [0.05, 0.1) is 10.8 Å². The summed E-state index contributed by atoms with van der Waals surface area (Å²) in [5, 5.41) is 12.9. The lowest BCUT2D eigenvalue weighted by molar-refractivity contribution is -0.113. The van der Waals surface area contributed by atoms with E-state index in [0.717, 1.165) is 16.8 Å². The van der Waals surface area contributed by atoms with E-state index >= 15 is 0 Å². The van der Waals surface area contributed by atoms with Gasteiger partial charge in [-0.05, 0) is 56.2 Å². The van der Waals surface area contributed by atoms with Crippen LogP contribution in [0.2, 0.25) is 10.0 Å². The standard InChI is InChI=1S/C21H22Cl2N4O2S/c1-12-6-5-7-17(13(12)2)24-19(28)11-30-21-26-25-20(27(21)4)14(3)29-18-9-8-15(22)10-16(18)23/h5-10,14H,11H2,1-4H3,(H,24,28). The molecule has 1 unspecified atom stereocenters. The molecule has 0 spiro atoms. The van der Waals surface area contributed by atoms with Gasteiger partial charge in [0.2, 0.25) is 5.91 Å². The quantitative estimate of drug-likeness (QED) is 0.460. The molecule has 158 valence electrons. The van der Waals surface area contributed by atoms with E-state index in [-0.39, 0.29) is 17.8 Å². The van der Waals surface area contributed by atoms with Gasteiger partial charge in [0.1, 0.15) is 5.75 Å². The molecule has 0 aliphatic rings. The maximum atomic E-state index is 12.4. The summed E-state index contributed by atoms with van der Waals surface area (Å²) in [6.07, 6.45) is -0.390. The van der Waals surface area contributed by atoms with Crippen LogP contribution in [0.25, 0.3) is 0 Å². The number of anilines is 1. The normalized spacial score (nSPS) is 11.9. The zero-order valence-corrected chi connectivity index (χ0v) is 19.4. The molecule has 0 saturated heterocycles. The summed E-state index contributed by atoms with van der Waals surface area (Å²) in [5.74, 6) is 1.25. The molecule has 9 heteroatoms. The average molecular weight is 465 g/mol. The number of nitrogens with one attached hydrogen (secondary N) is 1. The molecule has 0 aliphatic carbocycles. The lowest BCUT2D eigenvalue weighted by Gasteiger charge is -2.15. The molecule has 0 aliphatic heterocycles. The first-order valence-electron chi connectivity index (χ1n) is 9.26. The Bertz CT molecular complexity index is 1070. The lowest BCUT2D eigenvalue weighted by atomic mass is 10.1. The average Bonchev–Trinajstić information content (AvgIpc) is 3.06. The number of hydrogen-bond acceptors (Lipinski definition) is 5. The number of aryl methyl sites for hydroxylation is 1. The van der Waals surface area contributed by atoms with Gasteiger partial charge in [-0.3, -0.25) is 4.79 Å². The number of thioether (sulfide) groups is 1. The van der Waals surface area contributed by atoms with E-state index in [9.17, 15) is 4.79 Å². The van der Waals surface area contributed by atoms with Gasteiger partial charge in [0.25, 0.3) is 0 Å². The van der Waals surface area contributed by atoms with E-state index in [1.54, 1.807) is 18.2 Å². The SMILES string of the molecule is Cc1cccc(NC(=O)CSc2nnc(C(C)Oc3ccc(Cl)cc3Cl)n2C)c1C. The Kier molecular flexibility index (Phi) is 7.28. The monoisotopic (exact) mass is 464 g/mol. The number of nitrogens with zero attached hydrogens (tertiary/aromatic N) is 3. The van der Waals surface area contributed by atoms with Crippen molar-refractivity contribution < 1.29 is 9.53 Å². The Morgan fingerprint density at radius 3 is 2.73 bits per heavy atom. The molecule has 1 atom stereocenters. The summed E-state index contributed by atoms with van der Waals surface area (Å²) in [6.45, 7) is 5.86. The van der Waals surface area contributed by atoms with E-state index in [1.807, 2.05) is 50.6 Å². The van der Waals surface area contributed by atoms with Crippen LogP contribution in [0.3, 0.4) is 0 Å². The highest BCUT2D eigenvalue weighted by molar-refractivity contribution is 7.99. The van der Waals surface area contributed by atoms with Crippen LogP contribution in [0, 0.1) is 13.8 Å². The van der Waals surface area contributed by atoms with Crippen molar-refractivity contribution in [2.45, 2.75) is 32.0 Å². The van der Waals surface area contributed by atoms with Crippen LogP contribution in [0.5, 0.6) is 5.75 Å². The highest BCUT2D eigenvalue weighted by Crippen LogP contribution is 2.31. The molecular formula is C21H22Cl2N4O2S. The molecule has 3 rings (SSSR count). The highest BCUT2D eigenvalue weighted by Gasteiger charge is 2.19. The number of hydrogen-bond donors (Lipinski definition) is 1. The van der Waals surface area contributed by atoms with Crippen molar-refractivity contribution in [3.63, 3.8) is 0 Å². The smallest absolute Gasteiger partial charge is 0.234 e. The van der Waals surface area contributed by atoms with E-state index < -0.39 is 0 Å². The van der Waals surface area contributed by atoms with Crippen molar-refractivity contribution in [1.82, 2.24) is 14.8 Å². The number of carbonyl (C=O) groups excluding carboxylic acids is 1. The van der Waals surface area contributed by atoms with Crippen molar-refractivity contribution >= 4 is 46.6 Å². The number of ether oxygens (including phenoxy) is 1. The zero-order valence-electron chi connectivity index (χ0n) is 17.1. The summed E-state index contributed by atoms with van der Waals surface area (Å²) in [7, 11) is 1.84. The van der Waals surface area contributed by atoms with Gasteiger partial charge in [-0.25, -0.2) is 0 Å². The van der Waals surface area contributed by atoms with E-state index in [1.165, 1.54) is 11.8 Å². The van der Waals surface area contributed by atoms with Crippen LogP contribution < -0.4 is 10.1 Å². The van der Waals surface area contributed by atoms with Gasteiger partial charge in [0, 0.05) is 17.8 Å². The maximum Gasteiger partial charge on any atom is 0.234 e.